The van der Waals surface area contributed by atoms with Gasteiger partial charge < -0.3 is 4.57 Å². The minimum Gasteiger partial charge on any atom is -0.318 e. The lowest BCUT2D eigenvalue weighted by molar-refractivity contribution is 0.675. The van der Waals surface area contributed by atoms with Crippen LogP contribution in [-0.2, 0) is 6.42 Å². The van der Waals surface area contributed by atoms with Gasteiger partial charge in [0.15, 0.2) is 0 Å². The third-order valence-corrected chi connectivity index (χ3v) is 6.20. The Morgan fingerprint density at radius 2 is 1.81 bits per heavy atom. The van der Waals surface area contributed by atoms with E-state index >= 15 is 0 Å². The highest BCUT2D eigenvalue weighted by Crippen LogP contribution is 2.21. The molecule has 2 aromatic carbocycles. The first kappa shape index (κ1) is 22.2. The summed E-state index contributed by atoms with van der Waals surface area (Å²) in [6.45, 7) is 8.37. The second-order valence-electron chi connectivity index (χ2n) is 8.15. The van der Waals surface area contributed by atoms with Crippen molar-refractivity contribution in [1.29, 1.82) is 0 Å². The minimum atomic E-state index is -0.147. The number of unbranched alkanes of at least 4 members (excludes halogenated alkanes) is 1. The lowest BCUT2D eigenvalue weighted by Gasteiger charge is -2.10. The Labute approximate surface area is 196 Å². The average molecular weight is 491 g/mol. The number of nitrogens with zero attached hydrogens (tertiary/aromatic N) is 4. The molecule has 0 spiro atoms. The van der Waals surface area contributed by atoms with Gasteiger partial charge in [-0.25, -0.2) is 4.98 Å². The fraction of sp³-hybridized carbons (Fsp3) is 0.269. The molecular weight excluding hydrogens is 464 g/mol. The standard InChI is InChI=1S/C26H27BrN4O/c1-5-6-7-25-29-24-13-10-21(27)15-23(24)26(32)31(25)28-16-20-14-18(3)30(19(20)4)22-11-8-17(2)9-12-22/h8-16H,5-7H2,1-4H3. The molecule has 4 aromatic rings. The second kappa shape index (κ2) is 9.25. The number of benzene rings is 2. The Kier molecular flexibility index (Phi) is 6.42. The van der Waals surface area contributed by atoms with Crippen molar-refractivity contribution >= 4 is 33.0 Å². The van der Waals surface area contributed by atoms with Gasteiger partial charge in [-0.1, -0.05) is 47.0 Å². The van der Waals surface area contributed by atoms with Crippen molar-refractivity contribution in [3.8, 4) is 5.69 Å². The molecule has 32 heavy (non-hydrogen) atoms. The van der Waals surface area contributed by atoms with E-state index in [1.807, 2.05) is 18.2 Å². The number of fused-ring (bicyclic) bond motifs is 1. The summed E-state index contributed by atoms with van der Waals surface area (Å²) in [7, 11) is 0. The smallest absolute Gasteiger partial charge is 0.282 e. The SMILES string of the molecule is CCCCc1nc2ccc(Br)cc2c(=O)n1N=Cc1cc(C)n(-c2ccc(C)cc2)c1C. The van der Waals surface area contributed by atoms with Gasteiger partial charge in [-0.3, -0.25) is 4.79 Å². The molecule has 2 heterocycles. The summed E-state index contributed by atoms with van der Waals surface area (Å²) in [6, 6.07) is 16.2. The van der Waals surface area contributed by atoms with Crippen molar-refractivity contribution in [3.63, 3.8) is 0 Å². The maximum Gasteiger partial charge on any atom is 0.282 e. The molecule has 6 heteroatoms. The molecule has 0 bridgehead atoms. The van der Waals surface area contributed by atoms with Crippen LogP contribution >= 0.6 is 15.9 Å². The van der Waals surface area contributed by atoms with E-state index in [-0.39, 0.29) is 5.56 Å². The van der Waals surface area contributed by atoms with Crippen molar-refractivity contribution in [2.24, 2.45) is 5.10 Å². The van der Waals surface area contributed by atoms with Crippen molar-refractivity contribution in [2.45, 2.75) is 47.0 Å². The molecule has 0 atom stereocenters. The summed E-state index contributed by atoms with van der Waals surface area (Å²) in [5.74, 6) is 0.690. The summed E-state index contributed by atoms with van der Waals surface area (Å²) < 4.78 is 4.52. The molecule has 0 fully saturated rings. The van der Waals surface area contributed by atoms with Gasteiger partial charge in [-0.15, -0.1) is 0 Å². The Morgan fingerprint density at radius 1 is 1.06 bits per heavy atom. The first-order chi connectivity index (χ1) is 15.4. The molecule has 164 valence electrons. The maximum atomic E-state index is 13.3. The lowest BCUT2D eigenvalue weighted by Crippen LogP contribution is -2.22. The number of hydrogen-bond donors (Lipinski definition) is 0. The summed E-state index contributed by atoms with van der Waals surface area (Å²) >= 11 is 3.46. The summed E-state index contributed by atoms with van der Waals surface area (Å²) in [5.41, 5.74) is 6.07. The van der Waals surface area contributed by atoms with Crippen LogP contribution in [0.3, 0.4) is 0 Å². The number of aromatic nitrogens is 3. The van der Waals surface area contributed by atoms with Crippen LogP contribution in [0.25, 0.3) is 16.6 Å². The van der Waals surface area contributed by atoms with E-state index in [1.165, 1.54) is 10.2 Å². The van der Waals surface area contributed by atoms with Gasteiger partial charge in [0.25, 0.3) is 5.56 Å². The van der Waals surface area contributed by atoms with Crippen molar-refractivity contribution in [3.05, 3.63) is 91.7 Å². The molecule has 4 rings (SSSR count). The highest BCUT2D eigenvalue weighted by Gasteiger charge is 2.13. The van der Waals surface area contributed by atoms with Crippen molar-refractivity contribution < 1.29 is 0 Å². The van der Waals surface area contributed by atoms with Crippen LogP contribution in [0.1, 0.15) is 48.1 Å². The van der Waals surface area contributed by atoms with E-state index in [0.717, 1.165) is 40.0 Å². The van der Waals surface area contributed by atoms with Gasteiger partial charge in [-0.2, -0.15) is 9.78 Å². The predicted octanol–water partition coefficient (Wildman–Crippen LogP) is 6.10. The Morgan fingerprint density at radius 3 is 2.53 bits per heavy atom. The fourth-order valence-corrected chi connectivity index (χ4v) is 4.30. The number of halogens is 1. The van der Waals surface area contributed by atoms with Crippen LogP contribution in [0.4, 0.5) is 0 Å². The van der Waals surface area contributed by atoms with Gasteiger partial charge >= 0.3 is 0 Å². The highest BCUT2D eigenvalue weighted by atomic mass is 79.9. The van der Waals surface area contributed by atoms with Crippen molar-refractivity contribution in [1.82, 2.24) is 14.2 Å². The zero-order valence-electron chi connectivity index (χ0n) is 18.9. The third kappa shape index (κ3) is 4.32. The number of aryl methyl sites for hydroxylation is 3. The zero-order valence-corrected chi connectivity index (χ0v) is 20.5. The molecule has 2 aromatic heterocycles. The zero-order chi connectivity index (χ0) is 22.8. The van der Waals surface area contributed by atoms with Gasteiger partial charge in [0, 0.05) is 33.5 Å². The topological polar surface area (TPSA) is 52.2 Å². The molecule has 0 aliphatic carbocycles. The van der Waals surface area contributed by atoms with Gasteiger partial charge in [0.1, 0.15) is 5.82 Å². The first-order valence-electron chi connectivity index (χ1n) is 10.9. The van der Waals surface area contributed by atoms with Gasteiger partial charge in [0.2, 0.25) is 0 Å². The van der Waals surface area contributed by atoms with E-state index in [1.54, 1.807) is 6.21 Å². The Hall–Kier alpha value is -2.99. The largest absolute Gasteiger partial charge is 0.318 e. The summed E-state index contributed by atoms with van der Waals surface area (Å²) in [6.07, 6.45) is 4.45. The van der Waals surface area contributed by atoms with Crippen LogP contribution in [0, 0.1) is 20.8 Å². The molecule has 0 saturated heterocycles. The van der Waals surface area contributed by atoms with Crippen LogP contribution in [0.5, 0.6) is 0 Å². The predicted molar refractivity (Wildman–Crippen MR) is 135 cm³/mol. The molecule has 0 saturated carbocycles. The monoisotopic (exact) mass is 490 g/mol. The summed E-state index contributed by atoms with van der Waals surface area (Å²) in [5, 5.41) is 5.18. The molecule has 0 unspecified atom stereocenters. The van der Waals surface area contributed by atoms with Crippen LogP contribution in [0.15, 0.2) is 62.9 Å². The van der Waals surface area contributed by atoms with Gasteiger partial charge in [0.05, 0.1) is 17.1 Å². The molecule has 5 nitrogen and oxygen atoms in total. The number of hydrogen-bond acceptors (Lipinski definition) is 3. The lowest BCUT2D eigenvalue weighted by atomic mass is 10.2. The van der Waals surface area contributed by atoms with E-state index in [4.69, 9.17) is 4.98 Å². The van der Waals surface area contributed by atoms with Crippen molar-refractivity contribution in [2.75, 3.05) is 0 Å². The van der Waals surface area contributed by atoms with E-state index in [9.17, 15) is 4.79 Å². The van der Waals surface area contributed by atoms with Crippen LogP contribution < -0.4 is 5.56 Å². The molecular formula is C26H27BrN4O. The normalized spacial score (nSPS) is 11.7. The first-order valence-corrected chi connectivity index (χ1v) is 11.7. The van der Waals surface area contributed by atoms with Crippen LogP contribution in [0.2, 0.25) is 0 Å². The van der Waals surface area contributed by atoms with E-state index in [0.29, 0.717) is 23.1 Å². The van der Waals surface area contributed by atoms with E-state index in [2.05, 4.69) is 83.6 Å². The molecule has 0 aliphatic heterocycles. The molecule has 0 amide bonds. The summed E-state index contributed by atoms with van der Waals surface area (Å²) in [4.78, 5) is 18.0. The van der Waals surface area contributed by atoms with E-state index < -0.39 is 0 Å². The molecule has 0 N–H and O–H groups in total. The average Bonchev–Trinajstić information content (AvgIpc) is 3.06. The molecule has 0 aliphatic rings. The minimum absolute atomic E-state index is 0.147. The fourth-order valence-electron chi connectivity index (χ4n) is 3.94. The Bertz CT molecular complexity index is 1360. The third-order valence-electron chi connectivity index (χ3n) is 5.70. The number of rotatable bonds is 6. The maximum absolute atomic E-state index is 13.3. The van der Waals surface area contributed by atoms with Crippen LogP contribution in [-0.4, -0.2) is 20.4 Å². The quantitative estimate of drug-likeness (QED) is 0.306. The molecule has 0 radical (unpaired) electrons. The Balaban J connectivity index is 1.80. The highest BCUT2D eigenvalue weighted by molar-refractivity contribution is 9.10. The second-order valence-corrected chi connectivity index (χ2v) is 9.07. The van der Waals surface area contributed by atoms with Gasteiger partial charge in [-0.05, 0) is 63.6 Å².